The number of hydrogen-bond acceptors (Lipinski definition) is 9. The Kier molecular flexibility index (Phi) is 20.6. The molecular weight excluding hydrogens is 1650 g/mol. The van der Waals surface area contributed by atoms with Crippen LogP contribution in [0, 0.1) is 69.2 Å². The Morgan fingerprint density at radius 1 is 0.216 bits per heavy atom. The summed E-state index contributed by atoms with van der Waals surface area (Å²) in [7, 11) is 10.2. The van der Waals surface area contributed by atoms with Gasteiger partial charge in [0.05, 0.1) is 56.0 Å². The van der Waals surface area contributed by atoms with Gasteiger partial charge in [-0.15, -0.1) is 0 Å². The lowest BCUT2D eigenvalue weighted by Gasteiger charge is -2.10. The van der Waals surface area contributed by atoms with Gasteiger partial charge in [-0.25, -0.2) is 18.3 Å². The van der Waals surface area contributed by atoms with E-state index in [1.807, 2.05) is 101 Å². The van der Waals surface area contributed by atoms with Crippen LogP contribution in [0.15, 0.2) is 345 Å². The summed E-state index contributed by atoms with van der Waals surface area (Å²) in [5.41, 5.74) is 33.9. The minimum Gasteiger partial charge on any atom is -0.455 e. The maximum absolute atomic E-state index is 6.50. The Bertz CT molecular complexity index is 9370. The maximum Gasteiger partial charge on any atom is 0.286 e. The molecule has 0 saturated heterocycles. The molecule has 0 aliphatic rings. The highest BCUT2D eigenvalue weighted by Gasteiger charge is 2.29. The van der Waals surface area contributed by atoms with Gasteiger partial charge in [0.2, 0.25) is 11.2 Å². The molecule has 10 heterocycles. The molecule has 0 bridgehead atoms. The van der Waals surface area contributed by atoms with Gasteiger partial charge in [0.1, 0.15) is 98.0 Å². The van der Waals surface area contributed by atoms with Crippen LogP contribution in [-0.2, 0) is 35.2 Å². The quantitative estimate of drug-likeness (QED) is 0.154. The minimum absolute atomic E-state index is 0.928. The van der Waals surface area contributed by atoms with Crippen molar-refractivity contribution in [1.29, 1.82) is 0 Å². The van der Waals surface area contributed by atoms with Gasteiger partial charge in [-0.05, 0) is 202 Å². The van der Waals surface area contributed by atoms with Crippen molar-refractivity contribution in [3.63, 3.8) is 0 Å². The van der Waals surface area contributed by atoms with Crippen LogP contribution in [-0.4, -0.2) is 19.9 Å². The molecule has 0 aliphatic carbocycles. The Morgan fingerprint density at radius 2 is 0.522 bits per heavy atom. The Labute approximate surface area is 773 Å². The molecule has 14 nitrogen and oxygen atoms in total. The fourth-order valence-corrected chi connectivity index (χ4v) is 20.4. The number of hydrogen-bond donors (Lipinski definition) is 0. The normalized spacial score (nSPS) is 11.7. The Hall–Kier alpha value is -16.5. The second-order valence-corrected chi connectivity index (χ2v) is 35.8. The minimum atomic E-state index is 0.928. The molecule has 10 aromatic heterocycles. The maximum atomic E-state index is 6.50. The van der Waals surface area contributed by atoms with Crippen LogP contribution >= 0.6 is 0 Å². The molecule has 0 unspecified atom stereocenters. The van der Waals surface area contributed by atoms with Crippen LogP contribution in [0.5, 0.6) is 0 Å². The number of aryl methyl sites for hydroxylation is 13. The van der Waals surface area contributed by atoms with Crippen molar-refractivity contribution >= 4 is 174 Å². The lowest BCUT2D eigenvalue weighted by atomic mass is 9.95. The summed E-state index contributed by atoms with van der Waals surface area (Å²) in [6.45, 7) is 21.3. The highest BCUT2D eigenvalue weighted by Crippen LogP contribution is 2.48. The van der Waals surface area contributed by atoms with E-state index in [2.05, 4.69) is 369 Å². The van der Waals surface area contributed by atoms with Crippen LogP contribution in [0.3, 0.4) is 0 Å². The molecule has 0 amide bonds. The predicted molar refractivity (Wildman–Crippen MR) is 545 cm³/mol. The van der Waals surface area contributed by atoms with Crippen LogP contribution in [0.2, 0.25) is 0 Å². The van der Waals surface area contributed by atoms with E-state index in [4.69, 9.17) is 22.1 Å². The average Bonchev–Trinajstić information content (AvgIpc) is 1.61. The van der Waals surface area contributed by atoms with Gasteiger partial charge >= 0.3 is 0 Å². The van der Waals surface area contributed by atoms with Crippen molar-refractivity contribution in [3.05, 3.63) is 379 Å². The van der Waals surface area contributed by atoms with Crippen molar-refractivity contribution in [2.75, 3.05) is 0 Å². The van der Waals surface area contributed by atoms with Gasteiger partial charge in [0.25, 0.3) is 25.3 Å². The second kappa shape index (κ2) is 33.2. The van der Waals surface area contributed by atoms with Crippen molar-refractivity contribution in [1.82, 2.24) is 19.9 Å². The first-order chi connectivity index (χ1) is 65.2. The van der Waals surface area contributed by atoms with Gasteiger partial charge in [0, 0.05) is 109 Å². The highest BCUT2D eigenvalue weighted by molar-refractivity contribution is 6.26. The lowest BCUT2D eigenvalue weighted by molar-refractivity contribution is -0.663. The number of rotatable bonds is 5. The third-order valence-electron chi connectivity index (χ3n) is 27.5. The highest BCUT2D eigenvalue weighted by atomic mass is 16.3. The summed E-state index contributed by atoms with van der Waals surface area (Å²) in [6, 6.07) is 100. The molecule has 16 aromatic carbocycles. The van der Waals surface area contributed by atoms with Crippen LogP contribution in [0.4, 0.5) is 0 Å². The molecule has 648 valence electrons. The summed E-state index contributed by atoms with van der Waals surface area (Å²) >= 11 is 0. The molecule has 0 aliphatic heterocycles. The summed E-state index contributed by atoms with van der Waals surface area (Å²) in [4.78, 5) is 17.2. The van der Waals surface area contributed by atoms with Crippen LogP contribution in [0.1, 0.15) is 55.9 Å². The van der Waals surface area contributed by atoms with E-state index >= 15 is 0 Å². The zero-order chi connectivity index (χ0) is 91.7. The Morgan fingerprint density at radius 3 is 0.896 bits per heavy atom. The first-order valence-electron chi connectivity index (χ1n) is 45.5. The lowest BCUT2D eigenvalue weighted by Crippen LogP contribution is -2.32. The summed E-state index contributed by atoms with van der Waals surface area (Å²) in [6.07, 6.45) is 11.1. The number of nitrogens with zero attached hydrogens (tertiary/aromatic N) is 9. The molecule has 26 aromatic rings. The number of benzene rings is 16. The number of fused-ring (bicyclic) bond motifs is 26. The van der Waals surface area contributed by atoms with E-state index < -0.39 is 0 Å². The molecule has 0 radical (unpaired) electrons. The fraction of sp³-hybridized carbons (Fsp3) is 0.125. The largest absolute Gasteiger partial charge is 0.455 e. The second-order valence-electron chi connectivity index (χ2n) is 35.8. The fourth-order valence-electron chi connectivity index (χ4n) is 20.4. The summed E-state index contributed by atoms with van der Waals surface area (Å²) < 4.78 is 42.6. The molecule has 134 heavy (non-hydrogen) atoms. The third-order valence-corrected chi connectivity index (χ3v) is 27.5. The molecule has 0 N–H and O–H groups in total. The zero-order valence-electron chi connectivity index (χ0n) is 77.7. The number of pyridine rings is 1. The van der Waals surface area contributed by atoms with Gasteiger partial charge in [-0.2, -0.15) is 4.57 Å². The van der Waals surface area contributed by atoms with Gasteiger partial charge in [-0.3, -0.25) is 0 Å². The number of aromatic nitrogens is 9. The number of furan rings is 5. The third kappa shape index (κ3) is 14.0. The Balaban J connectivity index is 0.0000000976. The monoisotopic (exact) mass is 1740 g/mol. The van der Waals surface area contributed by atoms with Crippen molar-refractivity contribution in [3.8, 4) is 56.3 Å². The van der Waals surface area contributed by atoms with E-state index in [0.29, 0.717) is 0 Å². The topological polar surface area (TPSA) is 137 Å². The van der Waals surface area contributed by atoms with Crippen LogP contribution in [0.25, 0.3) is 231 Å². The van der Waals surface area contributed by atoms with E-state index in [9.17, 15) is 0 Å². The standard InChI is InChI=1S/C28H22NO.C24H21N2O.2C23H19N2O.C22H17N2O/c1-17-7-6-10-23-20(17)14-15-24(29(23)3)26-18(2)11-13-22-27-21-9-5-4-8-19(21)12-16-25(27)30-28(22)26;1-14-11-19-23-18-8-6-5-7-17(18)9-10-21(23)27-24(19)22(16(14)3)20-12-15(2)25-13-26(20)4;1-14-8-10-18-22-17-7-5-4-6-16(17)9-11-20(22)26-23(18)21(14)19-12-15(2)24-13-25(19)3;1-14-12-18-22-17-7-5-4-6-16(17)8-9-20(22)26-23(18)21(15(14)2)19-10-11-24-13-25(19)3;1-14-7-9-17-21-16-6-4-3-5-15(16)8-10-19(21)25-22(17)20(14)18-11-12-23-13-24(18)2/h4-16H,1-3H3;5-13H,1-4H3;2*4-13H,1-3H3;3-13H,1-2H3/q5*+1. The molecule has 0 atom stereocenters. The van der Waals surface area contributed by atoms with E-state index in [1.54, 1.807) is 0 Å². The smallest absolute Gasteiger partial charge is 0.286 e. The average molecular weight is 1750 g/mol. The summed E-state index contributed by atoms with van der Waals surface area (Å²) in [5, 5.41) is 25.4. The molecule has 26 rings (SSSR count). The van der Waals surface area contributed by atoms with Crippen molar-refractivity contribution < 1.29 is 44.9 Å². The van der Waals surface area contributed by atoms with E-state index in [1.165, 1.54) is 164 Å². The first kappa shape index (κ1) is 83.2. The van der Waals surface area contributed by atoms with Crippen LogP contribution < -0.4 is 22.8 Å². The first-order valence-corrected chi connectivity index (χ1v) is 45.5. The molecule has 0 fully saturated rings. The predicted octanol–water partition coefficient (Wildman–Crippen LogP) is 28.0. The van der Waals surface area contributed by atoms with Crippen molar-refractivity contribution in [2.45, 2.75) is 69.2 Å². The van der Waals surface area contributed by atoms with E-state index in [0.717, 1.165) is 123 Å². The summed E-state index contributed by atoms with van der Waals surface area (Å²) in [5.74, 6) is 0. The SMILES string of the molecule is Cc1cc(-c2c(C)c(C)cc3c2oc2ccc4ccccc4c23)[n+](C)cn1.Cc1cc(-c2c(C)ccc3c2oc2ccc4ccccc4c23)[n+](C)cn1.Cc1cc2c(oc3ccc4ccccc4c32)c(-c2ccnc[n+]2C)c1C.Cc1ccc2c(oc3ccc4ccccc4c32)c1-c1ccc2c(C)cccc2[n+]1C.Cc1ccc2c(oc3ccc4ccccc4c32)c1-c1ccnc[n+]1C. The zero-order valence-corrected chi connectivity index (χ0v) is 77.7. The molecule has 14 heteroatoms. The molecule has 0 spiro atoms. The van der Waals surface area contributed by atoms with E-state index in [-0.39, 0.29) is 0 Å². The molecular formula is C120H98N9O5+5. The van der Waals surface area contributed by atoms with Gasteiger partial charge < -0.3 is 22.1 Å². The van der Waals surface area contributed by atoms with Crippen molar-refractivity contribution in [2.24, 2.45) is 35.2 Å². The molecule has 0 saturated carbocycles. The van der Waals surface area contributed by atoms with Gasteiger partial charge in [-0.1, -0.05) is 220 Å². The van der Waals surface area contributed by atoms with Gasteiger partial charge in [0.15, 0.2) is 11.4 Å².